The standard InChI is InChI=1S/C18H23N3/c1-14-7-8-19-12-17(14)13-20-11-15-5-6-18-16(10-15)4-3-9-21(18)2/h5-8,10,12,20H,3-4,9,11,13H2,1-2H3. The molecule has 3 nitrogen and oxygen atoms in total. The highest BCUT2D eigenvalue weighted by molar-refractivity contribution is 5.56. The average molecular weight is 281 g/mol. The predicted molar refractivity (Wildman–Crippen MR) is 87.6 cm³/mol. The Labute approximate surface area is 127 Å². The molecule has 0 saturated carbocycles. The van der Waals surface area contributed by atoms with Crippen molar-refractivity contribution >= 4 is 5.69 Å². The number of anilines is 1. The summed E-state index contributed by atoms with van der Waals surface area (Å²) in [6, 6.07) is 8.92. The highest BCUT2D eigenvalue weighted by atomic mass is 15.1. The van der Waals surface area contributed by atoms with Gasteiger partial charge >= 0.3 is 0 Å². The van der Waals surface area contributed by atoms with Crippen molar-refractivity contribution in [1.82, 2.24) is 10.3 Å². The van der Waals surface area contributed by atoms with Gasteiger partial charge in [0.15, 0.2) is 0 Å². The molecule has 0 radical (unpaired) electrons. The van der Waals surface area contributed by atoms with Crippen LogP contribution in [0.1, 0.15) is 28.7 Å². The van der Waals surface area contributed by atoms with Crippen LogP contribution in [0.5, 0.6) is 0 Å². The first-order valence-corrected chi connectivity index (χ1v) is 7.67. The Morgan fingerprint density at radius 3 is 3.00 bits per heavy atom. The summed E-state index contributed by atoms with van der Waals surface area (Å²) in [5.74, 6) is 0. The Morgan fingerprint density at radius 1 is 1.24 bits per heavy atom. The zero-order valence-corrected chi connectivity index (χ0v) is 12.9. The Morgan fingerprint density at radius 2 is 2.14 bits per heavy atom. The first kappa shape index (κ1) is 14.1. The maximum Gasteiger partial charge on any atom is 0.0396 e. The van der Waals surface area contributed by atoms with Gasteiger partial charge < -0.3 is 10.2 Å². The summed E-state index contributed by atoms with van der Waals surface area (Å²) >= 11 is 0. The van der Waals surface area contributed by atoms with Crippen molar-refractivity contribution in [3.05, 3.63) is 58.9 Å². The van der Waals surface area contributed by atoms with Gasteiger partial charge in [-0.05, 0) is 54.2 Å². The van der Waals surface area contributed by atoms with Gasteiger partial charge in [0.1, 0.15) is 0 Å². The molecule has 0 amide bonds. The smallest absolute Gasteiger partial charge is 0.0396 e. The van der Waals surface area contributed by atoms with Crippen molar-refractivity contribution in [2.75, 3.05) is 18.5 Å². The average Bonchev–Trinajstić information content (AvgIpc) is 2.49. The number of nitrogens with one attached hydrogen (secondary N) is 1. The molecule has 1 aliphatic rings. The van der Waals surface area contributed by atoms with Gasteiger partial charge in [-0.2, -0.15) is 0 Å². The monoisotopic (exact) mass is 281 g/mol. The fourth-order valence-electron chi connectivity index (χ4n) is 2.97. The minimum atomic E-state index is 0.872. The van der Waals surface area contributed by atoms with E-state index in [1.807, 2.05) is 12.4 Å². The molecule has 21 heavy (non-hydrogen) atoms. The summed E-state index contributed by atoms with van der Waals surface area (Å²) in [5.41, 5.74) is 6.82. The van der Waals surface area contributed by atoms with Crippen molar-refractivity contribution in [3.8, 4) is 0 Å². The minimum absolute atomic E-state index is 0.872. The first-order valence-electron chi connectivity index (χ1n) is 7.67. The van der Waals surface area contributed by atoms with E-state index in [0.717, 1.165) is 13.1 Å². The molecule has 2 aromatic rings. The highest BCUT2D eigenvalue weighted by Gasteiger charge is 2.13. The van der Waals surface area contributed by atoms with E-state index < -0.39 is 0 Å². The van der Waals surface area contributed by atoms with Gasteiger partial charge in [-0.15, -0.1) is 0 Å². The molecule has 0 bridgehead atoms. The van der Waals surface area contributed by atoms with Gasteiger partial charge in [0.05, 0.1) is 0 Å². The molecule has 1 aliphatic heterocycles. The third-order valence-electron chi connectivity index (χ3n) is 4.29. The third kappa shape index (κ3) is 3.24. The number of pyridine rings is 1. The summed E-state index contributed by atoms with van der Waals surface area (Å²) < 4.78 is 0. The zero-order valence-electron chi connectivity index (χ0n) is 12.9. The first-order chi connectivity index (χ1) is 10.2. The van der Waals surface area contributed by atoms with Gasteiger partial charge in [0, 0.05) is 44.8 Å². The molecule has 2 heterocycles. The number of fused-ring (bicyclic) bond motifs is 1. The summed E-state index contributed by atoms with van der Waals surface area (Å²) in [4.78, 5) is 6.55. The molecular weight excluding hydrogens is 258 g/mol. The van der Waals surface area contributed by atoms with E-state index >= 15 is 0 Å². The van der Waals surface area contributed by atoms with Crippen molar-refractivity contribution < 1.29 is 0 Å². The largest absolute Gasteiger partial charge is 0.374 e. The fraction of sp³-hybridized carbons (Fsp3) is 0.389. The van der Waals surface area contributed by atoms with Gasteiger partial charge in [0.2, 0.25) is 0 Å². The van der Waals surface area contributed by atoms with Crippen LogP contribution in [0.15, 0.2) is 36.7 Å². The Bertz CT molecular complexity index is 622. The third-order valence-corrected chi connectivity index (χ3v) is 4.29. The molecule has 1 aromatic carbocycles. The van der Waals surface area contributed by atoms with Crippen LogP contribution in [-0.2, 0) is 19.5 Å². The van der Waals surface area contributed by atoms with E-state index in [2.05, 4.69) is 53.4 Å². The Hall–Kier alpha value is -1.87. The molecule has 3 heteroatoms. The predicted octanol–water partition coefficient (Wildman–Crippen LogP) is 3.06. The molecule has 3 rings (SSSR count). The lowest BCUT2D eigenvalue weighted by Crippen LogP contribution is -2.24. The van der Waals surface area contributed by atoms with Gasteiger partial charge in [-0.3, -0.25) is 4.98 Å². The van der Waals surface area contributed by atoms with E-state index in [4.69, 9.17) is 0 Å². The van der Waals surface area contributed by atoms with Crippen LogP contribution in [0.25, 0.3) is 0 Å². The maximum absolute atomic E-state index is 4.19. The highest BCUT2D eigenvalue weighted by Crippen LogP contribution is 2.26. The van der Waals surface area contributed by atoms with Crippen LogP contribution in [0, 0.1) is 6.92 Å². The Balaban J connectivity index is 1.62. The van der Waals surface area contributed by atoms with Crippen LogP contribution >= 0.6 is 0 Å². The van der Waals surface area contributed by atoms with Crippen LogP contribution in [0.2, 0.25) is 0 Å². The Kier molecular flexibility index (Phi) is 4.20. The number of aromatic nitrogens is 1. The lowest BCUT2D eigenvalue weighted by molar-refractivity contribution is 0.684. The molecule has 0 atom stereocenters. The summed E-state index contributed by atoms with van der Waals surface area (Å²) in [7, 11) is 2.18. The second-order valence-electron chi connectivity index (χ2n) is 5.89. The van der Waals surface area contributed by atoms with Crippen molar-refractivity contribution in [2.45, 2.75) is 32.9 Å². The molecule has 110 valence electrons. The second-order valence-corrected chi connectivity index (χ2v) is 5.89. The normalized spacial score (nSPS) is 14.1. The number of rotatable bonds is 4. The molecule has 0 fully saturated rings. The van der Waals surface area contributed by atoms with Gasteiger partial charge in [-0.1, -0.05) is 12.1 Å². The van der Waals surface area contributed by atoms with Gasteiger partial charge in [0.25, 0.3) is 0 Å². The summed E-state index contributed by atoms with van der Waals surface area (Å²) in [6.45, 7) is 5.08. The number of hydrogen-bond acceptors (Lipinski definition) is 3. The van der Waals surface area contributed by atoms with E-state index in [1.54, 1.807) is 0 Å². The SMILES string of the molecule is Cc1ccncc1CNCc1ccc2c(c1)CCCN2C. The number of aryl methyl sites for hydroxylation is 2. The maximum atomic E-state index is 4.19. The minimum Gasteiger partial charge on any atom is -0.374 e. The van der Waals surface area contributed by atoms with E-state index in [9.17, 15) is 0 Å². The molecule has 1 N–H and O–H groups in total. The van der Waals surface area contributed by atoms with Crippen molar-refractivity contribution in [3.63, 3.8) is 0 Å². The van der Waals surface area contributed by atoms with Crippen LogP contribution < -0.4 is 10.2 Å². The molecular formula is C18H23N3. The van der Waals surface area contributed by atoms with Crippen molar-refractivity contribution in [1.29, 1.82) is 0 Å². The van der Waals surface area contributed by atoms with Crippen LogP contribution in [0.4, 0.5) is 5.69 Å². The quantitative estimate of drug-likeness (QED) is 0.933. The zero-order chi connectivity index (χ0) is 14.7. The topological polar surface area (TPSA) is 28.2 Å². The van der Waals surface area contributed by atoms with Crippen LogP contribution in [-0.4, -0.2) is 18.6 Å². The molecule has 0 saturated heterocycles. The molecule has 0 aliphatic carbocycles. The van der Waals surface area contributed by atoms with Crippen LogP contribution in [0.3, 0.4) is 0 Å². The van der Waals surface area contributed by atoms with E-state index in [-0.39, 0.29) is 0 Å². The molecule has 1 aromatic heterocycles. The molecule has 0 unspecified atom stereocenters. The van der Waals surface area contributed by atoms with E-state index in [1.165, 1.54) is 47.3 Å². The lowest BCUT2D eigenvalue weighted by atomic mass is 9.99. The number of hydrogen-bond donors (Lipinski definition) is 1. The second kappa shape index (κ2) is 6.27. The molecule has 0 spiro atoms. The number of nitrogens with zero attached hydrogens (tertiary/aromatic N) is 2. The van der Waals surface area contributed by atoms with Crippen molar-refractivity contribution in [2.24, 2.45) is 0 Å². The van der Waals surface area contributed by atoms with E-state index in [0.29, 0.717) is 0 Å². The summed E-state index contributed by atoms with van der Waals surface area (Å²) in [5, 5.41) is 3.52. The fourth-order valence-corrected chi connectivity index (χ4v) is 2.97. The summed E-state index contributed by atoms with van der Waals surface area (Å²) in [6.07, 6.45) is 6.26. The van der Waals surface area contributed by atoms with Gasteiger partial charge in [-0.25, -0.2) is 0 Å². The number of benzene rings is 1. The lowest BCUT2D eigenvalue weighted by Gasteiger charge is -2.27.